The molecule has 2 unspecified atom stereocenters. The van der Waals surface area contributed by atoms with Gasteiger partial charge in [0, 0.05) is 19.7 Å². The minimum absolute atomic E-state index is 0.0745. The van der Waals surface area contributed by atoms with E-state index in [1.807, 2.05) is 7.11 Å². The SMILES string of the molecule is CCC(N)CCCN1CCCC(C)(OC)C1. The lowest BCUT2D eigenvalue weighted by molar-refractivity contribution is -0.0508. The van der Waals surface area contributed by atoms with Crippen molar-refractivity contribution >= 4 is 0 Å². The van der Waals surface area contributed by atoms with Crippen LogP contribution in [0.5, 0.6) is 0 Å². The zero-order valence-electron chi connectivity index (χ0n) is 11.2. The Hall–Kier alpha value is -0.120. The van der Waals surface area contributed by atoms with Crippen molar-refractivity contribution in [1.29, 1.82) is 0 Å². The molecule has 0 aliphatic carbocycles. The lowest BCUT2D eigenvalue weighted by Gasteiger charge is -2.39. The summed E-state index contributed by atoms with van der Waals surface area (Å²) in [6, 6.07) is 0.388. The summed E-state index contributed by atoms with van der Waals surface area (Å²) in [7, 11) is 1.83. The van der Waals surface area contributed by atoms with Gasteiger partial charge in [-0.2, -0.15) is 0 Å². The fraction of sp³-hybridized carbons (Fsp3) is 1.00. The van der Waals surface area contributed by atoms with E-state index in [-0.39, 0.29) is 5.60 Å². The highest BCUT2D eigenvalue weighted by atomic mass is 16.5. The van der Waals surface area contributed by atoms with Crippen LogP contribution in [0, 0.1) is 0 Å². The Labute approximate surface area is 100 Å². The van der Waals surface area contributed by atoms with Crippen molar-refractivity contribution in [3.8, 4) is 0 Å². The first-order chi connectivity index (χ1) is 7.59. The molecule has 2 N–H and O–H groups in total. The Morgan fingerprint density at radius 2 is 2.25 bits per heavy atom. The Morgan fingerprint density at radius 1 is 1.50 bits per heavy atom. The van der Waals surface area contributed by atoms with Crippen LogP contribution in [-0.2, 0) is 4.74 Å². The third-order valence-electron chi connectivity index (χ3n) is 3.80. The van der Waals surface area contributed by atoms with E-state index >= 15 is 0 Å². The van der Waals surface area contributed by atoms with Crippen LogP contribution >= 0.6 is 0 Å². The highest BCUT2D eigenvalue weighted by molar-refractivity contribution is 4.84. The summed E-state index contributed by atoms with van der Waals surface area (Å²) in [6.07, 6.45) is 5.90. The molecule has 16 heavy (non-hydrogen) atoms. The smallest absolute Gasteiger partial charge is 0.0777 e. The molecular weight excluding hydrogens is 200 g/mol. The summed E-state index contributed by atoms with van der Waals surface area (Å²) in [6.45, 7) is 7.85. The van der Waals surface area contributed by atoms with Gasteiger partial charge < -0.3 is 15.4 Å². The number of hydrogen-bond acceptors (Lipinski definition) is 3. The molecule has 0 aromatic carbocycles. The van der Waals surface area contributed by atoms with Crippen molar-refractivity contribution in [3.63, 3.8) is 0 Å². The predicted molar refractivity (Wildman–Crippen MR) is 68.6 cm³/mol. The molecule has 1 aliphatic heterocycles. The van der Waals surface area contributed by atoms with Crippen LogP contribution in [0.1, 0.15) is 46.0 Å². The molecule has 0 bridgehead atoms. The maximum atomic E-state index is 5.92. The number of ether oxygens (including phenoxy) is 1. The summed E-state index contributed by atoms with van der Waals surface area (Å²) >= 11 is 0. The standard InChI is InChI=1S/C13H28N2O/c1-4-12(14)7-5-9-15-10-6-8-13(2,11-15)16-3/h12H,4-11,14H2,1-3H3. The number of likely N-dealkylation sites (tertiary alicyclic amines) is 1. The fourth-order valence-corrected chi connectivity index (χ4v) is 2.45. The first-order valence-corrected chi connectivity index (χ1v) is 6.63. The van der Waals surface area contributed by atoms with E-state index in [2.05, 4.69) is 18.7 Å². The van der Waals surface area contributed by atoms with Crippen LogP contribution in [0.3, 0.4) is 0 Å². The fourth-order valence-electron chi connectivity index (χ4n) is 2.45. The normalized spacial score (nSPS) is 29.2. The molecule has 3 nitrogen and oxygen atoms in total. The van der Waals surface area contributed by atoms with Crippen LogP contribution in [0.15, 0.2) is 0 Å². The minimum atomic E-state index is 0.0745. The molecule has 1 aliphatic rings. The van der Waals surface area contributed by atoms with E-state index in [1.165, 1.54) is 32.4 Å². The molecule has 0 aromatic heterocycles. The molecule has 96 valence electrons. The first-order valence-electron chi connectivity index (χ1n) is 6.63. The Morgan fingerprint density at radius 3 is 2.88 bits per heavy atom. The van der Waals surface area contributed by atoms with Crippen molar-refractivity contribution in [2.24, 2.45) is 5.73 Å². The third-order valence-corrected chi connectivity index (χ3v) is 3.80. The van der Waals surface area contributed by atoms with Gasteiger partial charge in [-0.25, -0.2) is 0 Å². The molecule has 0 saturated carbocycles. The van der Waals surface area contributed by atoms with Gasteiger partial charge >= 0.3 is 0 Å². The molecule has 1 heterocycles. The molecule has 0 amide bonds. The Kier molecular flexibility index (Phi) is 5.73. The first kappa shape index (κ1) is 13.9. The van der Waals surface area contributed by atoms with E-state index in [9.17, 15) is 0 Å². The Bertz CT molecular complexity index is 198. The third kappa shape index (κ3) is 4.40. The summed E-state index contributed by atoms with van der Waals surface area (Å²) in [5.74, 6) is 0. The predicted octanol–water partition coefficient (Wildman–Crippen LogP) is 2.00. The quantitative estimate of drug-likeness (QED) is 0.756. The van der Waals surface area contributed by atoms with E-state index in [1.54, 1.807) is 0 Å². The highest BCUT2D eigenvalue weighted by Gasteiger charge is 2.30. The van der Waals surface area contributed by atoms with E-state index in [4.69, 9.17) is 10.5 Å². The molecule has 1 saturated heterocycles. The van der Waals surface area contributed by atoms with Crippen LogP contribution in [0.25, 0.3) is 0 Å². The van der Waals surface area contributed by atoms with Gasteiger partial charge in [0.25, 0.3) is 0 Å². The summed E-state index contributed by atoms with van der Waals surface area (Å²) in [5.41, 5.74) is 6.00. The second kappa shape index (κ2) is 6.58. The van der Waals surface area contributed by atoms with Crippen LogP contribution < -0.4 is 5.73 Å². The molecular formula is C13H28N2O. The van der Waals surface area contributed by atoms with Crippen molar-refractivity contribution < 1.29 is 4.74 Å². The number of rotatable bonds is 6. The molecule has 3 heteroatoms. The lowest BCUT2D eigenvalue weighted by Crippen LogP contribution is -2.47. The number of methoxy groups -OCH3 is 1. The zero-order chi connectivity index (χ0) is 12.0. The van der Waals surface area contributed by atoms with E-state index in [0.29, 0.717) is 6.04 Å². The Balaban J connectivity index is 2.22. The van der Waals surface area contributed by atoms with Gasteiger partial charge in [-0.3, -0.25) is 0 Å². The molecule has 0 radical (unpaired) electrons. The monoisotopic (exact) mass is 228 g/mol. The van der Waals surface area contributed by atoms with Crippen LogP contribution in [0.2, 0.25) is 0 Å². The zero-order valence-corrected chi connectivity index (χ0v) is 11.2. The van der Waals surface area contributed by atoms with Crippen molar-refractivity contribution in [2.75, 3.05) is 26.7 Å². The van der Waals surface area contributed by atoms with Crippen LogP contribution in [0.4, 0.5) is 0 Å². The summed E-state index contributed by atoms with van der Waals surface area (Å²) in [4.78, 5) is 2.52. The van der Waals surface area contributed by atoms with Gasteiger partial charge in [0.05, 0.1) is 5.60 Å². The van der Waals surface area contributed by atoms with Gasteiger partial charge in [-0.15, -0.1) is 0 Å². The number of hydrogen-bond donors (Lipinski definition) is 1. The minimum Gasteiger partial charge on any atom is -0.377 e. The van der Waals surface area contributed by atoms with Crippen LogP contribution in [-0.4, -0.2) is 43.3 Å². The number of nitrogens with two attached hydrogens (primary N) is 1. The molecule has 1 rings (SSSR count). The maximum absolute atomic E-state index is 5.92. The van der Waals surface area contributed by atoms with Crippen molar-refractivity contribution in [2.45, 2.75) is 57.6 Å². The highest BCUT2D eigenvalue weighted by Crippen LogP contribution is 2.23. The average Bonchev–Trinajstić information content (AvgIpc) is 2.29. The maximum Gasteiger partial charge on any atom is 0.0777 e. The van der Waals surface area contributed by atoms with Gasteiger partial charge in [0.1, 0.15) is 0 Å². The number of piperidine rings is 1. The average molecular weight is 228 g/mol. The molecule has 1 fully saturated rings. The second-order valence-corrected chi connectivity index (χ2v) is 5.34. The second-order valence-electron chi connectivity index (χ2n) is 5.34. The number of nitrogens with zero attached hydrogens (tertiary/aromatic N) is 1. The van der Waals surface area contributed by atoms with Gasteiger partial charge in [-0.1, -0.05) is 6.92 Å². The van der Waals surface area contributed by atoms with Gasteiger partial charge in [-0.05, 0) is 52.1 Å². The summed E-state index contributed by atoms with van der Waals surface area (Å²) in [5, 5.41) is 0. The topological polar surface area (TPSA) is 38.5 Å². The van der Waals surface area contributed by atoms with Gasteiger partial charge in [0.2, 0.25) is 0 Å². The van der Waals surface area contributed by atoms with E-state index < -0.39 is 0 Å². The van der Waals surface area contributed by atoms with Crippen molar-refractivity contribution in [3.05, 3.63) is 0 Å². The lowest BCUT2D eigenvalue weighted by atomic mass is 9.94. The molecule has 2 atom stereocenters. The largest absolute Gasteiger partial charge is 0.377 e. The van der Waals surface area contributed by atoms with Gasteiger partial charge in [0.15, 0.2) is 0 Å². The van der Waals surface area contributed by atoms with Crippen molar-refractivity contribution in [1.82, 2.24) is 4.90 Å². The molecule has 0 aromatic rings. The van der Waals surface area contributed by atoms with E-state index in [0.717, 1.165) is 19.4 Å². The molecule has 0 spiro atoms. The summed E-state index contributed by atoms with van der Waals surface area (Å²) < 4.78 is 5.59.